The highest BCUT2D eigenvalue weighted by Crippen LogP contribution is 2.21. The number of rotatable bonds is 3. The lowest BCUT2D eigenvalue weighted by molar-refractivity contribution is -0.114. The van der Waals surface area contributed by atoms with Crippen LogP contribution in [-0.2, 0) is 4.79 Å². The van der Waals surface area contributed by atoms with Gasteiger partial charge in [0, 0.05) is 23.3 Å². The van der Waals surface area contributed by atoms with Crippen molar-refractivity contribution >= 4 is 34.8 Å². The van der Waals surface area contributed by atoms with Crippen molar-refractivity contribution in [3.8, 4) is 0 Å². The average Bonchev–Trinajstić information content (AvgIpc) is 2.41. The molecular weight excluding hydrogens is 307 g/mol. The second kappa shape index (κ2) is 6.58. The van der Waals surface area contributed by atoms with Crippen molar-refractivity contribution in [2.75, 3.05) is 10.6 Å². The van der Waals surface area contributed by atoms with Crippen LogP contribution in [0.3, 0.4) is 0 Å². The number of carbonyl (C=O) groups is 2. The zero-order valence-electron chi connectivity index (χ0n) is 12.0. The molecular formula is C16H14ClFN2O2. The van der Waals surface area contributed by atoms with Crippen LogP contribution in [0.15, 0.2) is 36.4 Å². The van der Waals surface area contributed by atoms with Gasteiger partial charge in [0.15, 0.2) is 0 Å². The molecule has 22 heavy (non-hydrogen) atoms. The first kappa shape index (κ1) is 16.0. The van der Waals surface area contributed by atoms with E-state index >= 15 is 0 Å². The molecule has 0 heterocycles. The lowest BCUT2D eigenvalue weighted by Crippen LogP contribution is -2.14. The van der Waals surface area contributed by atoms with Gasteiger partial charge in [-0.1, -0.05) is 11.6 Å². The van der Waals surface area contributed by atoms with Gasteiger partial charge in [-0.3, -0.25) is 9.59 Å². The van der Waals surface area contributed by atoms with Crippen LogP contribution >= 0.6 is 11.6 Å². The number of anilines is 2. The van der Waals surface area contributed by atoms with E-state index in [4.69, 9.17) is 11.6 Å². The summed E-state index contributed by atoms with van der Waals surface area (Å²) in [5, 5.41) is 5.51. The molecule has 2 rings (SSSR count). The summed E-state index contributed by atoms with van der Waals surface area (Å²) in [6.45, 7) is 3.21. The molecule has 0 bridgehead atoms. The van der Waals surface area contributed by atoms with Crippen LogP contribution in [0.1, 0.15) is 22.8 Å². The number of hydrogen-bond donors (Lipinski definition) is 2. The maximum Gasteiger partial charge on any atom is 0.258 e. The summed E-state index contributed by atoms with van der Waals surface area (Å²) >= 11 is 5.66. The van der Waals surface area contributed by atoms with Gasteiger partial charge in [0.2, 0.25) is 5.91 Å². The molecule has 0 radical (unpaired) electrons. The highest BCUT2D eigenvalue weighted by molar-refractivity contribution is 6.30. The molecule has 0 aromatic heterocycles. The summed E-state index contributed by atoms with van der Waals surface area (Å²) in [6.07, 6.45) is 0. The normalized spacial score (nSPS) is 10.2. The lowest BCUT2D eigenvalue weighted by atomic mass is 10.1. The fourth-order valence-corrected chi connectivity index (χ4v) is 2.10. The molecule has 0 saturated heterocycles. The summed E-state index contributed by atoms with van der Waals surface area (Å²) in [7, 11) is 0. The minimum atomic E-state index is -0.684. The van der Waals surface area contributed by atoms with Crippen molar-refractivity contribution in [2.45, 2.75) is 13.8 Å². The molecule has 2 amide bonds. The van der Waals surface area contributed by atoms with E-state index in [1.165, 1.54) is 19.1 Å². The standard InChI is InChI=1S/C16H14ClFN2O2/c1-9-7-12(4-6-15(9)19-10(2)21)20-16(22)13-5-3-11(17)8-14(13)18/h3-8H,1-2H3,(H,19,21)(H,20,22). The van der Waals surface area contributed by atoms with E-state index in [0.29, 0.717) is 11.4 Å². The molecule has 0 atom stereocenters. The molecule has 6 heteroatoms. The molecule has 0 fully saturated rings. The van der Waals surface area contributed by atoms with Gasteiger partial charge in [0.05, 0.1) is 5.56 Å². The van der Waals surface area contributed by atoms with Crippen LogP contribution in [0.5, 0.6) is 0 Å². The van der Waals surface area contributed by atoms with Crippen LogP contribution in [0.2, 0.25) is 5.02 Å². The Morgan fingerprint density at radius 3 is 2.41 bits per heavy atom. The Kier molecular flexibility index (Phi) is 4.78. The third kappa shape index (κ3) is 3.83. The number of halogens is 2. The average molecular weight is 321 g/mol. The van der Waals surface area contributed by atoms with Crippen LogP contribution < -0.4 is 10.6 Å². The summed E-state index contributed by atoms with van der Waals surface area (Å²) in [4.78, 5) is 23.1. The Morgan fingerprint density at radius 2 is 1.82 bits per heavy atom. The van der Waals surface area contributed by atoms with E-state index in [1.807, 2.05) is 0 Å². The summed E-state index contributed by atoms with van der Waals surface area (Å²) in [5.74, 6) is -1.43. The third-order valence-electron chi connectivity index (χ3n) is 2.97. The van der Waals surface area contributed by atoms with Crippen LogP contribution in [0.4, 0.5) is 15.8 Å². The second-order valence-electron chi connectivity index (χ2n) is 4.79. The van der Waals surface area contributed by atoms with Gasteiger partial charge in [-0.15, -0.1) is 0 Å². The predicted octanol–water partition coefficient (Wildman–Crippen LogP) is 4.00. The smallest absolute Gasteiger partial charge is 0.258 e. The highest BCUT2D eigenvalue weighted by Gasteiger charge is 2.12. The van der Waals surface area contributed by atoms with Gasteiger partial charge in [0.25, 0.3) is 5.91 Å². The Labute approximate surface area is 132 Å². The molecule has 0 aliphatic heterocycles. The largest absolute Gasteiger partial charge is 0.326 e. The summed E-state index contributed by atoms with van der Waals surface area (Å²) in [5.41, 5.74) is 1.85. The van der Waals surface area contributed by atoms with Crippen molar-refractivity contribution in [3.05, 3.63) is 58.4 Å². The van der Waals surface area contributed by atoms with Crippen molar-refractivity contribution in [2.24, 2.45) is 0 Å². The van der Waals surface area contributed by atoms with E-state index in [1.54, 1.807) is 25.1 Å². The topological polar surface area (TPSA) is 58.2 Å². The van der Waals surface area contributed by atoms with Gasteiger partial charge >= 0.3 is 0 Å². The van der Waals surface area contributed by atoms with Crippen molar-refractivity contribution in [3.63, 3.8) is 0 Å². The van der Waals surface area contributed by atoms with Crippen LogP contribution in [0, 0.1) is 12.7 Å². The van der Waals surface area contributed by atoms with Gasteiger partial charge in [-0.05, 0) is 48.9 Å². The minimum Gasteiger partial charge on any atom is -0.326 e. The van der Waals surface area contributed by atoms with Crippen LogP contribution in [-0.4, -0.2) is 11.8 Å². The Morgan fingerprint density at radius 1 is 1.09 bits per heavy atom. The SMILES string of the molecule is CC(=O)Nc1ccc(NC(=O)c2ccc(Cl)cc2F)cc1C. The van der Waals surface area contributed by atoms with E-state index in [9.17, 15) is 14.0 Å². The molecule has 2 aromatic rings. The summed E-state index contributed by atoms with van der Waals surface area (Å²) in [6, 6.07) is 8.85. The second-order valence-corrected chi connectivity index (χ2v) is 5.23. The zero-order valence-corrected chi connectivity index (χ0v) is 12.8. The lowest BCUT2D eigenvalue weighted by Gasteiger charge is -2.10. The van der Waals surface area contributed by atoms with Crippen molar-refractivity contribution in [1.29, 1.82) is 0 Å². The monoisotopic (exact) mass is 320 g/mol. The maximum absolute atomic E-state index is 13.7. The Balaban J connectivity index is 2.18. The molecule has 0 unspecified atom stereocenters. The number of benzene rings is 2. The van der Waals surface area contributed by atoms with E-state index in [-0.39, 0.29) is 16.5 Å². The van der Waals surface area contributed by atoms with E-state index < -0.39 is 11.7 Å². The molecule has 0 aliphatic carbocycles. The number of nitrogens with one attached hydrogen (secondary N) is 2. The third-order valence-corrected chi connectivity index (χ3v) is 3.21. The van der Waals surface area contributed by atoms with Crippen molar-refractivity contribution < 1.29 is 14.0 Å². The predicted molar refractivity (Wildman–Crippen MR) is 84.8 cm³/mol. The van der Waals surface area contributed by atoms with Gasteiger partial charge < -0.3 is 10.6 Å². The first-order chi connectivity index (χ1) is 10.4. The van der Waals surface area contributed by atoms with Gasteiger partial charge in [-0.2, -0.15) is 0 Å². The Hall–Kier alpha value is -2.40. The first-order valence-electron chi connectivity index (χ1n) is 6.51. The quantitative estimate of drug-likeness (QED) is 0.898. The van der Waals surface area contributed by atoms with Crippen LogP contribution in [0.25, 0.3) is 0 Å². The number of aryl methyl sites for hydroxylation is 1. The minimum absolute atomic E-state index is 0.0898. The fraction of sp³-hybridized carbons (Fsp3) is 0.125. The van der Waals surface area contributed by atoms with Gasteiger partial charge in [0.1, 0.15) is 5.82 Å². The van der Waals surface area contributed by atoms with Crippen molar-refractivity contribution in [1.82, 2.24) is 0 Å². The first-order valence-corrected chi connectivity index (χ1v) is 6.89. The molecule has 2 aromatic carbocycles. The Bertz CT molecular complexity index is 747. The van der Waals surface area contributed by atoms with E-state index in [2.05, 4.69) is 10.6 Å². The molecule has 2 N–H and O–H groups in total. The number of amides is 2. The summed E-state index contributed by atoms with van der Waals surface area (Å²) < 4.78 is 13.7. The number of hydrogen-bond acceptors (Lipinski definition) is 2. The molecule has 4 nitrogen and oxygen atoms in total. The zero-order chi connectivity index (χ0) is 16.3. The molecule has 0 spiro atoms. The molecule has 0 aliphatic rings. The highest BCUT2D eigenvalue weighted by atomic mass is 35.5. The van der Waals surface area contributed by atoms with E-state index in [0.717, 1.165) is 11.6 Å². The fourth-order valence-electron chi connectivity index (χ4n) is 1.94. The molecule has 114 valence electrons. The van der Waals surface area contributed by atoms with Gasteiger partial charge in [-0.25, -0.2) is 4.39 Å². The maximum atomic E-state index is 13.7. The molecule has 0 saturated carbocycles. The number of carbonyl (C=O) groups excluding carboxylic acids is 2.